The predicted octanol–water partition coefficient (Wildman–Crippen LogP) is 1.57. The largest absolute Gasteiger partial charge is 0.485 e. The molecule has 0 saturated heterocycles. The minimum Gasteiger partial charge on any atom is -0.485 e. The molecule has 1 aromatic carbocycles. The first-order valence-electron chi connectivity index (χ1n) is 7.42. The summed E-state index contributed by atoms with van der Waals surface area (Å²) >= 11 is 0. The van der Waals surface area contributed by atoms with Crippen LogP contribution in [0.5, 0.6) is 11.5 Å². The highest BCUT2D eigenvalue weighted by molar-refractivity contribution is 5.81. The van der Waals surface area contributed by atoms with Crippen LogP contribution in [-0.2, 0) is 11.3 Å². The Morgan fingerprint density at radius 1 is 1.36 bits per heavy atom. The summed E-state index contributed by atoms with van der Waals surface area (Å²) in [6.45, 7) is 4.09. The van der Waals surface area contributed by atoms with E-state index in [0.717, 1.165) is 0 Å². The van der Waals surface area contributed by atoms with Crippen molar-refractivity contribution in [2.75, 3.05) is 19.7 Å². The Morgan fingerprint density at radius 3 is 2.91 bits per heavy atom. The third-order valence-electron chi connectivity index (χ3n) is 3.64. The van der Waals surface area contributed by atoms with E-state index in [0.29, 0.717) is 31.1 Å². The maximum Gasteiger partial charge on any atom is 0.267 e. The molecule has 6 nitrogen and oxygen atoms in total. The second kappa shape index (κ2) is 6.51. The van der Waals surface area contributed by atoms with Crippen LogP contribution in [0.4, 0.5) is 0 Å². The van der Waals surface area contributed by atoms with E-state index in [4.69, 9.17) is 9.47 Å². The van der Waals surface area contributed by atoms with E-state index in [1.165, 1.54) is 0 Å². The molecule has 0 fully saturated rings. The van der Waals surface area contributed by atoms with Crippen LogP contribution in [0, 0.1) is 0 Å². The number of likely N-dealkylation sites (N-methyl/N-ethyl adjacent to an activating group) is 1. The summed E-state index contributed by atoms with van der Waals surface area (Å²) in [6.07, 6.45) is 3.02. The Balaban J connectivity index is 1.62. The van der Waals surface area contributed by atoms with Gasteiger partial charge >= 0.3 is 0 Å². The van der Waals surface area contributed by atoms with E-state index < -0.39 is 6.10 Å². The first-order chi connectivity index (χ1) is 10.8. The quantitative estimate of drug-likeness (QED) is 0.841. The van der Waals surface area contributed by atoms with Crippen molar-refractivity contribution in [3.63, 3.8) is 0 Å². The third-order valence-corrected chi connectivity index (χ3v) is 3.64. The van der Waals surface area contributed by atoms with Crippen molar-refractivity contribution in [1.29, 1.82) is 0 Å². The molecule has 0 bridgehead atoms. The number of rotatable bonds is 5. The molecule has 1 atom stereocenters. The standard InChI is InChI=1S/C16H19N3O3/c1-2-18(10-11-19-9-5-8-17-19)16(20)15-12-21-13-6-3-4-7-14(13)22-15/h3-9,15H,2,10-12H2,1H3/t15-/m1/s1. The van der Waals surface area contributed by atoms with Gasteiger partial charge in [-0.1, -0.05) is 12.1 Å². The van der Waals surface area contributed by atoms with Gasteiger partial charge in [0.25, 0.3) is 5.91 Å². The van der Waals surface area contributed by atoms with Crippen LogP contribution in [-0.4, -0.2) is 46.4 Å². The molecule has 0 unspecified atom stereocenters. The average Bonchev–Trinajstić information content (AvgIpc) is 3.08. The molecule has 0 N–H and O–H groups in total. The minimum atomic E-state index is -0.590. The van der Waals surface area contributed by atoms with Gasteiger partial charge in [-0.3, -0.25) is 9.48 Å². The topological polar surface area (TPSA) is 56.6 Å². The molecule has 0 spiro atoms. The van der Waals surface area contributed by atoms with Gasteiger partial charge in [-0.2, -0.15) is 5.10 Å². The number of benzene rings is 1. The fourth-order valence-electron chi connectivity index (χ4n) is 2.42. The van der Waals surface area contributed by atoms with E-state index in [-0.39, 0.29) is 12.5 Å². The summed E-state index contributed by atoms with van der Waals surface area (Å²) < 4.78 is 13.2. The van der Waals surface area contributed by atoms with Crippen molar-refractivity contribution in [3.8, 4) is 11.5 Å². The fourth-order valence-corrected chi connectivity index (χ4v) is 2.42. The molecular formula is C16H19N3O3. The zero-order valence-electron chi connectivity index (χ0n) is 12.5. The zero-order valence-corrected chi connectivity index (χ0v) is 12.5. The first kappa shape index (κ1) is 14.4. The molecule has 0 aliphatic carbocycles. The summed E-state index contributed by atoms with van der Waals surface area (Å²) in [4.78, 5) is 14.4. The molecule has 116 valence electrons. The van der Waals surface area contributed by atoms with Crippen molar-refractivity contribution in [2.24, 2.45) is 0 Å². The van der Waals surface area contributed by atoms with E-state index in [1.807, 2.05) is 48.1 Å². The molecule has 1 aliphatic rings. The molecule has 6 heteroatoms. The van der Waals surface area contributed by atoms with Gasteiger partial charge in [0.1, 0.15) is 6.61 Å². The van der Waals surface area contributed by atoms with E-state index in [9.17, 15) is 4.79 Å². The second-order valence-corrected chi connectivity index (χ2v) is 5.05. The first-order valence-corrected chi connectivity index (χ1v) is 7.42. The van der Waals surface area contributed by atoms with Gasteiger partial charge in [-0.25, -0.2) is 0 Å². The molecule has 3 rings (SSSR count). The summed E-state index contributed by atoms with van der Waals surface area (Å²) in [7, 11) is 0. The Morgan fingerprint density at radius 2 is 2.18 bits per heavy atom. The van der Waals surface area contributed by atoms with Crippen LogP contribution in [0.25, 0.3) is 0 Å². The van der Waals surface area contributed by atoms with Crippen molar-refractivity contribution in [1.82, 2.24) is 14.7 Å². The number of carbonyl (C=O) groups is 1. The van der Waals surface area contributed by atoms with Gasteiger partial charge in [-0.05, 0) is 25.1 Å². The number of para-hydroxylation sites is 2. The number of hydrogen-bond donors (Lipinski definition) is 0. The number of amides is 1. The number of aromatic nitrogens is 2. The van der Waals surface area contributed by atoms with E-state index in [2.05, 4.69) is 5.10 Å². The molecule has 0 radical (unpaired) electrons. The average molecular weight is 301 g/mol. The van der Waals surface area contributed by atoms with E-state index in [1.54, 1.807) is 11.1 Å². The van der Waals surface area contributed by atoms with Crippen molar-refractivity contribution >= 4 is 5.91 Å². The Labute approximate surface area is 129 Å². The fraction of sp³-hybridized carbons (Fsp3) is 0.375. The van der Waals surface area contributed by atoms with Crippen LogP contribution in [0.1, 0.15) is 6.92 Å². The van der Waals surface area contributed by atoms with Gasteiger partial charge in [0, 0.05) is 25.5 Å². The predicted molar refractivity (Wildman–Crippen MR) is 80.8 cm³/mol. The van der Waals surface area contributed by atoms with Crippen LogP contribution in [0.15, 0.2) is 42.7 Å². The lowest BCUT2D eigenvalue weighted by atomic mass is 10.2. The Kier molecular flexibility index (Phi) is 4.27. The SMILES string of the molecule is CCN(CCn1cccn1)C(=O)[C@H]1COc2ccccc2O1. The molecule has 1 aliphatic heterocycles. The normalized spacial score (nSPS) is 16.3. The monoisotopic (exact) mass is 301 g/mol. The van der Waals surface area contributed by atoms with Crippen LogP contribution >= 0.6 is 0 Å². The lowest BCUT2D eigenvalue weighted by Gasteiger charge is -2.30. The molecule has 22 heavy (non-hydrogen) atoms. The Bertz CT molecular complexity index is 627. The van der Waals surface area contributed by atoms with E-state index >= 15 is 0 Å². The molecule has 1 aromatic heterocycles. The third kappa shape index (κ3) is 3.05. The highest BCUT2D eigenvalue weighted by atomic mass is 16.6. The molecule has 0 saturated carbocycles. The number of nitrogens with zero attached hydrogens (tertiary/aromatic N) is 3. The lowest BCUT2D eigenvalue weighted by molar-refractivity contribution is -0.141. The summed E-state index contributed by atoms with van der Waals surface area (Å²) in [5.41, 5.74) is 0. The number of carbonyl (C=O) groups excluding carboxylic acids is 1. The van der Waals surface area contributed by atoms with Gasteiger partial charge in [0.05, 0.1) is 6.54 Å². The molecule has 1 amide bonds. The maximum atomic E-state index is 12.6. The van der Waals surface area contributed by atoms with Crippen molar-refractivity contribution in [2.45, 2.75) is 19.6 Å². The van der Waals surface area contributed by atoms with Crippen LogP contribution in [0.2, 0.25) is 0 Å². The maximum absolute atomic E-state index is 12.6. The Hall–Kier alpha value is -2.50. The van der Waals surface area contributed by atoms with Crippen molar-refractivity contribution < 1.29 is 14.3 Å². The number of fused-ring (bicyclic) bond motifs is 1. The highest BCUT2D eigenvalue weighted by Gasteiger charge is 2.30. The summed E-state index contributed by atoms with van der Waals surface area (Å²) in [6, 6.07) is 9.27. The molecule has 2 aromatic rings. The summed E-state index contributed by atoms with van der Waals surface area (Å²) in [5, 5.41) is 4.15. The highest BCUT2D eigenvalue weighted by Crippen LogP contribution is 2.31. The summed E-state index contributed by atoms with van der Waals surface area (Å²) in [5.74, 6) is 1.26. The van der Waals surface area contributed by atoms with Crippen LogP contribution < -0.4 is 9.47 Å². The van der Waals surface area contributed by atoms with Gasteiger partial charge in [0.2, 0.25) is 6.10 Å². The van der Waals surface area contributed by atoms with Gasteiger partial charge in [0.15, 0.2) is 11.5 Å². The molecule has 2 heterocycles. The van der Waals surface area contributed by atoms with Gasteiger partial charge < -0.3 is 14.4 Å². The molecular weight excluding hydrogens is 282 g/mol. The zero-order chi connectivity index (χ0) is 15.4. The van der Waals surface area contributed by atoms with Gasteiger partial charge in [-0.15, -0.1) is 0 Å². The second-order valence-electron chi connectivity index (χ2n) is 5.05. The smallest absolute Gasteiger partial charge is 0.267 e. The lowest BCUT2D eigenvalue weighted by Crippen LogP contribution is -2.47. The minimum absolute atomic E-state index is 0.0517. The van der Waals surface area contributed by atoms with Crippen LogP contribution in [0.3, 0.4) is 0 Å². The number of ether oxygens (including phenoxy) is 2. The number of hydrogen-bond acceptors (Lipinski definition) is 4. The van der Waals surface area contributed by atoms with Crippen molar-refractivity contribution in [3.05, 3.63) is 42.7 Å².